The van der Waals surface area contributed by atoms with Crippen LogP contribution in [0.2, 0.25) is 0 Å². The van der Waals surface area contributed by atoms with Crippen molar-refractivity contribution >= 4 is 0 Å². The zero-order chi connectivity index (χ0) is 10.2. The van der Waals surface area contributed by atoms with Crippen LogP contribution in [0, 0.1) is 0 Å². The lowest BCUT2D eigenvalue weighted by Gasteiger charge is -2.01. The maximum atomic E-state index is 5.44. The smallest absolute Gasteiger partial charge is 0.108 e. The summed E-state index contributed by atoms with van der Waals surface area (Å²) in [6.45, 7) is 2.41. The van der Waals surface area contributed by atoms with Gasteiger partial charge >= 0.3 is 0 Å². The molecule has 0 aliphatic heterocycles. The first kappa shape index (κ1) is 11.2. The molecule has 1 heterocycles. The molecule has 3 N–H and O–H groups in total. The second kappa shape index (κ2) is 6.53. The van der Waals surface area contributed by atoms with E-state index in [0.717, 1.165) is 17.9 Å². The van der Waals surface area contributed by atoms with Gasteiger partial charge in [-0.2, -0.15) is 0 Å². The number of nitrogens with zero attached hydrogens (tertiary/aromatic N) is 1. The molecule has 5 heteroatoms. The van der Waals surface area contributed by atoms with E-state index in [1.807, 2.05) is 0 Å². The number of ether oxygens (including phenoxy) is 2. The third-order valence-corrected chi connectivity index (χ3v) is 1.82. The van der Waals surface area contributed by atoms with Crippen LogP contribution in [-0.2, 0) is 22.4 Å². The van der Waals surface area contributed by atoms with Crippen LogP contribution < -0.4 is 5.73 Å². The molecule has 1 aromatic heterocycles. The number of aromatic nitrogens is 2. The van der Waals surface area contributed by atoms with Crippen LogP contribution in [0.3, 0.4) is 0 Å². The number of methoxy groups -OCH3 is 1. The number of hydrogen-bond donors (Lipinski definition) is 2. The number of imidazole rings is 1. The summed E-state index contributed by atoms with van der Waals surface area (Å²) in [5.41, 5.74) is 6.39. The van der Waals surface area contributed by atoms with Gasteiger partial charge in [-0.05, 0) is 0 Å². The molecule has 0 amide bonds. The van der Waals surface area contributed by atoms with Crippen molar-refractivity contribution in [1.29, 1.82) is 0 Å². The van der Waals surface area contributed by atoms with E-state index in [9.17, 15) is 0 Å². The van der Waals surface area contributed by atoms with Crippen molar-refractivity contribution in [3.8, 4) is 0 Å². The number of nitrogens with two attached hydrogens (primary N) is 1. The first-order valence-electron chi connectivity index (χ1n) is 4.66. The van der Waals surface area contributed by atoms with Gasteiger partial charge in [-0.25, -0.2) is 4.98 Å². The fourth-order valence-corrected chi connectivity index (χ4v) is 1.05. The lowest BCUT2D eigenvalue weighted by Crippen LogP contribution is -2.06. The molecular weight excluding hydrogens is 182 g/mol. The van der Waals surface area contributed by atoms with Crippen molar-refractivity contribution in [2.75, 3.05) is 26.9 Å². The molecule has 0 fully saturated rings. The Bertz CT molecular complexity index is 250. The van der Waals surface area contributed by atoms with Crippen molar-refractivity contribution in [3.05, 3.63) is 17.7 Å². The largest absolute Gasteiger partial charge is 0.382 e. The van der Waals surface area contributed by atoms with Crippen molar-refractivity contribution < 1.29 is 9.47 Å². The second-order valence-corrected chi connectivity index (χ2v) is 2.91. The molecule has 5 nitrogen and oxygen atoms in total. The SMILES string of the molecule is COCCOCCc1ncc(CN)[nH]1. The minimum atomic E-state index is 0.498. The molecule has 0 saturated carbocycles. The predicted molar refractivity (Wildman–Crippen MR) is 52.9 cm³/mol. The van der Waals surface area contributed by atoms with Crippen molar-refractivity contribution in [2.24, 2.45) is 5.73 Å². The Hall–Kier alpha value is -0.910. The highest BCUT2D eigenvalue weighted by Crippen LogP contribution is 1.96. The fourth-order valence-electron chi connectivity index (χ4n) is 1.05. The van der Waals surface area contributed by atoms with Gasteiger partial charge in [-0.15, -0.1) is 0 Å². The van der Waals surface area contributed by atoms with Crippen LogP contribution in [-0.4, -0.2) is 36.9 Å². The first-order valence-corrected chi connectivity index (χ1v) is 4.66. The second-order valence-electron chi connectivity index (χ2n) is 2.91. The topological polar surface area (TPSA) is 73.2 Å². The maximum Gasteiger partial charge on any atom is 0.108 e. The Labute approximate surface area is 83.6 Å². The Balaban J connectivity index is 2.12. The molecule has 0 radical (unpaired) electrons. The van der Waals surface area contributed by atoms with Crippen LogP contribution >= 0.6 is 0 Å². The standard InChI is InChI=1S/C9H17N3O2/c1-13-4-5-14-3-2-9-11-7-8(6-10)12-9/h7H,2-6,10H2,1H3,(H,11,12). The lowest BCUT2D eigenvalue weighted by molar-refractivity contribution is 0.0717. The van der Waals surface area contributed by atoms with Gasteiger partial charge in [0.2, 0.25) is 0 Å². The van der Waals surface area contributed by atoms with Gasteiger partial charge in [0.05, 0.1) is 19.8 Å². The highest BCUT2D eigenvalue weighted by atomic mass is 16.5. The summed E-state index contributed by atoms with van der Waals surface area (Å²) in [4.78, 5) is 7.26. The van der Waals surface area contributed by atoms with Gasteiger partial charge in [0, 0.05) is 32.0 Å². The van der Waals surface area contributed by atoms with E-state index in [1.165, 1.54) is 0 Å². The molecule has 0 aliphatic carbocycles. The number of hydrogen-bond acceptors (Lipinski definition) is 4. The van der Waals surface area contributed by atoms with E-state index >= 15 is 0 Å². The first-order chi connectivity index (χ1) is 6.86. The number of aromatic amines is 1. The molecule has 0 aromatic carbocycles. The Morgan fingerprint density at radius 3 is 2.93 bits per heavy atom. The van der Waals surface area contributed by atoms with Crippen molar-refractivity contribution in [3.63, 3.8) is 0 Å². The fraction of sp³-hybridized carbons (Fsp3) is 0.667. The third kappa shape index (κ3) is 3.87. The van der Waals surface area contributed by atoms with Crippen LogP contribution in [0.25, 0.3) is 0 Å². The number of nitrogens with one attached hydrogen (secondary N) is 1. The minimum absolute atomic E-state index is 0.498. The average Bonchev–Trinajstić information content (AvgIpc) is 2.65. The van der Waals surface area contributed by atoms with Crippen LogP contribution in [0.4, 0.5) is 0 Å². The Morgan fingerprint density at radius 2 is 2.29 bits per heavy atom. The summed E-state index contributed by atoms with van der Waals surface area (Å²) in [6.07, 6.45) is 2.54. The minimum Gasteiger partial charge on any atom is -0.382 e. The van der Waals surface area contributed by atoms with Crippen molar-refractivity contribution in [2.45, 2.75) is 13.0 Å². The quantitative estimate of drug-likeness (QED) is 0.610. The molecule has 0 atom stereocenters. The monoisotopic (exact) mass is 199 g/mol. The summed E-state index contributed by atoms with van der Waals surface area (Å²) in [5, 5.41) is 0. The molecule has 0 aliphatic rings. The summed E-state index contributed by atoms with van der Waals surface area (Å²) in [6, 6.07) is 0. The van der Waals surface area contributed by atoms with E-state index < -0.39 is 0 Å². The summed E-state index contributed by atoms with van der Waals surface area (Å²) in [5.74, 6) is 0.919. The average molecular weight is 199 g/mol. The lowest BCUT2D eigenvalue weighted by atomic mass is 10.4. The van der Waals surface area contributed by atoms with Crippen LogP contribution in [0.1, 0.15) is 11.5 Å². The van der Waals surface area contributed by atoms with Gasteiger partial charge < -0.3 is 20.2 Å². The molecule has 14 heavy (non-hydrogen) atoms. The number of H-pyrrole nitrogens is 1. The van der Waals surface area contributed by atoms with Gasteiger partial charge in [0.1, 0.15) is 5.82 Å². The van der Waals surface area contributed by atoms with Crippen molar-refractivity contribution in [1.82, 2.24) is 9.97 Å². The van der Waals surface area contributed by atoms with E-state index in [0.29, 0.717) is 26.4 Å². The predicted octanol–water partition coefficient (Wildman–Crippen LogP) is 0.0739. The molecule has 0 spiro atoms. The van der Waals surface area contributed by atoms with Crippen LogP contribution in [0.15, 0.2) is 6.20 Å². The Kier molecular flexibility index (Phi) is 5.21. The molecule has 0 saturated heterocycles. The highest BCUT2D eigenvalue weighted by molar-refractivity contribution is 5.00. The molecule has 0 bridgehead atoms. The molecular formula is C9H17N3O2. The van der Waals surface area contributed by atoms with E-state index in [1.54, 1.807) is 13.3 Å². The van der Waals surface area contributed by atoms with Gasteiger partial charge in [-0.1, -0.05) is 0 Å². The van der Waals surface area contributed by atoms with E-state index in [-0.39, 0.29) is 0 Å². The molecule has 1 rings (SSSR count). The van der Waals surface area contributed by atoms with Crippen LogP contribution in [0.5, 0.6) is 0 Å². The van der Waals surface area contributed by atoms with Gasteiger partial charge in [-0.3, -0.25) is 0 Å². The molecule has 80 valence electrons. The summed E-state index contributed by atoms with van der Waals surface area (Å²) < 4.78 is 10.2. The van der Waals surface area contributed by atoms with E-state index in [2.05, 4.69) is 9.97 Å². The maximum absolute atomic E-state index is 5.44. The zero-order valence-electron chi connectivity index (χ0n) is 8.45. The Morgan fingerprint density at radius 1 is 1.43 bits per heavy atom. The van der Waals surface area contributed by atoms with Gasteiger partial charge in [0.15, 0.2) is 0 Å². The summed E-state index contributed by atoms with van der Waals surface area (Å²) >= 11 is 0. The third-order valence-electron chi connectivity index (χ3n) is 1.82. The molecule has 1 aromatic rings. The normalized spacial score (nSPS) is 10.7. The van der Waals surface area contributed by atoms with E-state index in [4.69, 9.17) is 15.2 Å². The molecule has 0 unspecified atom stereocenters. The van der Waals surface area contributed by atoms with Gasteiger partial charge in [0.25, 0.3) is 0 Å². The zero-order valence-corrected chi connectivity index (χ0v) is 8.45. The number of rotatable bonds is 7. The summed E-state index contributed by atoms with van der Waals surface area (Å²) in [7, 11) is 1.66. The highest BCUT2D eigenvalue weighted by Gasteiger charge is 1.98.